The van der Waals surface area contributed by atoms with Gasteiger partial charge in [-0.05, 0) is 36.6 Å². The highest BCUT2D eigenvalue weighted by molar-refractivity contribution is 5.70. The van der Waals surface area contributed by atoms with Crippen molar-refractivity contribution in [3.8, 4) is 5.75 Å². The first kappa shape index (κ1) is 11.5. The monoisotopic (exact) mass is 212 g/mol. The number of aromatic hydroxyl groups is 1. The number of phenolic OH excluding ortho intramolecular Hbond substituents is 1. The fourth-order valence-electron chi connectivity index (χ4n) is 1.39. The highest BCUT2D eigenvalue weighted by Gasteiger charge is 2.16. The summed E-state index contributed by atoms with van der Waals surface area (Å²) < 4.78 is 13.5. The van der Waals surface area contributed by atoms with Gasteiger partial charge in [-0.3, -0.25) is 4.79 Å². The predicted octanol–water partition coefficient (Wildman–Crippen LogP) is 2.10. The Hall–Kier alpha value is -1.58. The third-order valence-electron chi connectivity index (χ3n) is 2.26. The van der Waals surface area contributed by atoms with E-state index in [1.807, 2.05) is 0 Å². The first-order chi connectivity index (χ1) is 6.91. The molecule has 0 radical (unpaired) electrons. The Labute approximate surface area is 87.2 Å². The molecular weight excluding hydrogens is 199 g/mol. The Balaban J connectivity index is 2.99. The third kappa shape index (κ3) is 2.68. The molecule has 0 aliphatic heterocycles. The topological polar surface area (TPSA) is 57.5 Å². The van der Waals surface area contributed by atoms with Gasteiger partial charge in [-0.25, -0.2) is 4.39 Å². The van der Waals surface area contributed by atoms with E-state index >= 15 is 0 Å². The second-order valence-corrected chi connectivity index (χ2v) is 3.68. The van der Waals surface area contributed by atoms with Gasteiger partial charge in [0.1, 0.15) is 11.6 Å². The summed E-state index contributed by atoms with van der Waals surface area (Å²) in [5.74, 6) is -2.13. The van der Waals surface area contributed by atoms with Crippen LogP contribution in [0, 0.1) is 18.7 Å². The summed E-state index contributed by atoms with van der Waals surface area (Å²) in [6.45, 7) is 3.03. The summed E-state index contributed by atoms with van der Waals surface area (Å²) in [5.41, 5.74) is 0.560. The minimum Gasteiger partial charge on any atom is -0.508 e. The van der Waals surface area contributed by atoms with Crippen LogP contribution in [0.4, 0.5) is 4.39 Å². The molecule has 0 amide bonds. The number of aliphatic carboxylic acids is 1. The molecule has 4 heteroatoms. The van der Waals surface area contributed by atoms with Gasteiger partial charge in [0.05, 0.1) is 5.92 Å². The Bertz CT molecular complexity index is 388. The fourth-order valence-corrected chi connectivity index (χ4v) is 1.39. The summed E-state index contributed by atoms with van der Waals surface area (Å²) in [7, 11) is 0. The quantitative estimate of drug-likeness (QED) is 0.806. The highest BCUT2D eigenvalue weighted by Crippen LogP contribution is 2.22. The minimum absolute atomic E-state index is 0.0403. The van der Waals surface area contributed by atoms with Gasteiger partial charge < -0.3 is 10.2 Å². The number of rotatable bonds is 3. The molecule has 0 saturated heterocycles. The van der Waals surface area contributed by atoms with Crippen molar-refractivity contribution in [2.45, 2.75) is 20.3 Å². The van der Waals surface area contributed by atoms with Gasteiger partial charge in [-0.1, -0.05) is 6.92 Å². The molecule has 1 aromatic rings. The summed E-state index contributed by atoms with van der Waals surface area (Å²) >= 11 is 0. The lowest BCUT2D eigenvalue weighted by Gasteiger charge is -2.09. The maximum Gasteiger partial charge on any atom is 0.306 e. The molecule has 1 aromatic carbocycles. The van der Waals surface area contributed by atoms with Gasteiger partial charge in [0.2, 0.25) is 0 Å². The molecular formula is C11H13FO3. The van der Waals surface area contributed by atoms with Crippen molar-refractivity contribution >= 4 is 5.97 Å². The molecule has 1 atom stereocenters. The van der Waals surface area contributed by atoms with E-state index in [1.165, 1.54) is 26.0 Å². The van der Waals surface area contributed by atoms with Crippen molar-refractivity contribution < 1.29 is 19.4 Å². The number of aryl methyl sites for hydroxylation is 1. The maximum atomic E-state index is 13.5. The molecule has 0 spiro atoms. The average Bonchev–Trinajstić information content (AvgIpc) is 2.13. The number of benzene rings is 1. The Morgan fingerprint density at radius 1 is 1.53 bits per heavy atom. The van der Waals surface area contributed by atoms with E-state index in [-0.39, 0.29) is 17.7 Å². The van der Waals surface area contributed by atoms with E-state index in [0.29, 0.717) is 5.56 Å². The molecule has 1 unspecified atom stereocenters. The van der Waals surface area contributed by atoms with Crippen LogP contribution in [0.5, 0.6) is 5.75 Å². The normalized spacial score (nSPS) is 12.5. The zero-order valence-electron chi connectivity index (χ0n) is 8.62. The number of phenols is 1. The molecule has 0 bridgehead atoms. The van der Waals surface area contributed by atoms with E-state index in [2.05, 4.69) is 0 Å². The highest BCUT2D eigenvalue weighted by atomic mass is 19.1. The van der Waals surface area contributed by atoms with Crippen LogP contribution >= 0.6 is 0 Å². The smallest absolute Gasteiger partial charge is 0.306 e. The van der Waals surface area contributed by atoms with Gasteiger partial charge in [0.15, 0.2) is 0 Å². The van der Waals surface area contributed by atoms with Crippen LogP contribution in [0.3, 0.4) is 0 Å². The summed E-state index contributed by atoms with van der Waals surface area (Å²) in [6, 6.07) is 2.58. The molecule has 0 fully saturated rings. The number of hydrogen-bond donors (Lipinski definition) is 2. The van der Waals surface area contributed by atoms with Crippen LogP contribution < -0.4 is 0 Å². The molecule has 0 aliphatic carbocycles. The van der Waals surface area contributed by atoms with E-state index in [4.69, 9.17) is 5.11 Å². The van der Waals surface area contributed by atoms with Gasteiger partial charge >= 0.3 is 5.97 Å². The zero-order chi connectivity index (χ0) is 11.6. The Morgan fingerprint density at radius 2 is 2.13 bits per heavy atom. The van der Waals surface area contributed by atoms with Crippen molar-refractivity contribution in [1.82, 2.24) is 0 Å². The Kier molecular flexibility index (Phi) is 3.29. The van der Waals surface area contributed by atoms with Crippen LogP contribution in [-0.4, -0.2) is 16.2 Å². The lowest BCUT2D eigenvalue weighted by atomic mass is 9.99. The molecule has 0 aliphatic rings. The molecule has 1 rings (SSSR count). The molecule has 3 nitrogen and oxygen atoms in total. The van der Waals surface area contributed by atoms with Crippen molar-refractivity contribution in [1.29, 1.82) is 0 Å². The van der Waals surface area contributed by atoms with Gasteiger partial charge in [0, 0.05) is 0 Å². The number of carboxylic acid groups (broad SMARTS) is 1. The number of halogens is 1. The molecule has 0 aromatic heterocycles. The molecule has 82 valence electrons. The van der Waals surface area contributed by atoms with Crippen molar-refractivity contribution in [3.05, 3.63) is 29.1 Å². The summed E-state index contributed by atoms with van der Waals surface area (Å²) in [6.07, 6.45) is 0.0798. The average molecular weight is 212 g/mol. The second kappa shape index (κ2) is 4.29. The first-order valence-corrected chi connectivity index (χ1v) is 4.62. The van der Waals surface area contributed by atoms with Crippen LogP contribution in [-0.2, 0) is 11.2 Å². The van der Waals surface area contributed by atoms with E-state index in [9.17, 15) is 14.3 Å². The second-order valence-electron chi connectivity index (χ2n) is 3.68. The zero-order valence-corrected chi connectivity index (χ0v) is 8.62. The number of carbonyl (C=O) groups is 1. The minimum atomic E-state index is -0.976. The van der Waals surface area contributed by atoms with Crippen molar-refractivity contribution in [2.75, 3.05) is 0 Å². The van der Waals surface area contributed by atoms with E-state index in [1.54, 1.807) is 0 Å². The third-order valence-corrected chi connectivity index (χ3v) is 2.26. The van der Waals surface area contributed by atoms with Crippen molar-refractivity contribution in [3.63, 3.8) is 0 Å². The lowest BCUT2D eigenvalue weighted by molar-refractivity contribution is -0.141. The summed E-state index contributed by atoms with van der Waals surface area (Å²) in [5, 5.41) is 17.9. The van der Waals surface area contributed by atoms with Gasteiger partial charge in [0.25, 0.3) is 0 Å². The fraction of sp³-hybridized carbons (Fsp3) is 0.364. The van der Waals surface area contributed by atoms with Crippen molar-refractivity contribution in [2.24, 2.45) is 5.92 Å². The standard InChI is InChI=1S/C11H13FO3/c1-6-4-9(13)5-8(10(6)12)3-7(2)11(14)15/h4-5,7,13H,3H2,1-2H3,(H,14,15). The van der Waals surface area contributed by atoms with Gasteiger partial charge in [-0.2, -0.15) is 0 Å². The SMILES string of the molecule is Cc1cc(O)cc(CC(C)C(=O)O)c1F. The molecule has 0 saturated carbocycles. The van der Waals surface area contributed by atoms with Crippen LogP contribution in [0.2, 0.25) is 0 Å². The first-order valence-electron chi connectivity index (χ1n) is 4.62. The number of hydrogen-bond acceptors (Lipinski definition) is 2. The van der Waals surface area contributed by atoms with Crippen LogP contribution in [0.1, 0.15) is 18.1 Å². The molecule has 0 heterocycles. The van der Waals surface area contributed by atoms with Crippen LogP contribution in [0.15, 0.2) is 12.1 Å². The van der Waals surface area contributed by atoms with Gasteiger partial charge in [-0.15, -0.1) is 0 Å². The molecule has 2 N–H and O–H groups in total. The Morgan fingerprint density at radius 3 is 2.67 bits per heavy atom. The number of carboxylic acids is 1. The lowest BCUT2D eigenvalue weighted by Crippen LogP contribution is -2.13. The summed E-state index contributed by atoms with van der Waals surface area (Å²) in [4.78, 5) is 10.6. The van der Waals surface area contributed by atoms with E-state index in [0.717, 1.165) is 0 Å². The maximum absolute atomic E-state index is 13.5. The predicted molar refractivity (Wildman–Crippen MR) is 53.3 cm³/mol. The van der Waals surface area contributed by atoms with Crippen LogP contribution in [0.25, 0.3) is 0 Å². The van der Waals surface area contributed by atoms with E-state index < -0.39 is 17.7 Å². The molecule has 15 heavy (non-hydrogen) atoms. The largest absolute Gasteiger partial charge is 0.508 e.